The van der Waals surface area contributed by atoms with Crippen LogP contribution in [0.4, 0.5) is 0 Å². The molecule has 0 spiro atoms. The molecule has 1 atom stereocenters. The van der Waals surface area contributed by atoms with Crippen LogP contribution in [0.5, 0.6) is 0 Å². The third-order valence-electron chi connectivity index (χ3n) is 3.76. The number of hydrogen-bond acceptors (Lipinski definition) is 3. The first-order chi connectivity index (χ1) is 8.19. The lowest BCUT2D eigenvalue weighted by Gasteiger charge is -2.33. The highest BCUT2D eigenvalue weighted by Crippen LogP contribution is 2.32. The maximum Gasteiger partial charge on any atom is 0.324 e. The molecule has 1 aromatic heterocycles. The minimum absolute atomic E-state index is 0.646. The van der Waals surface area contributed by atoms with Crippen molar-refractivity contribution >= 4 is 5.97 Å². The van der Waals surface area contributed by atoms with Gasteiger partial charge in [-0.3, -0.25) is 14.4 Å². The molecule has 0 bridgehead atoms. The standard InChI is InChI=1S/C12H19N3O2/c1-2-12(11(16)17)5-3-7-14(12)9-10-15-8-4-6-13-15/h4,6,8H,2-3,5,7,9-10H2,1H3,(H,16,17). The molecule has 1 aliphatic heterocycles. The predicted octanol–water partition coefficient (Wildman–Crippen LogP) is 1.21. The van der Waals surface area contributed by atoms with Crippen molar-refractivity contribution in [3.63, 3.8) is 0 Å². The summed E-state index contributed by atoms with van der Waals surface area (Å²) >= 11 is 0. The largest absolute Gasteiger partial charge is 0.480 e. The van der Waals surface area contributed by atoms with Crippen LogP contribution in [0.15, 0.2) is 18.5 Å². The van der Waals surface area contributed by atoms with Crippen molar-refractivity contribution < 1.29 is 9.90 Å². The van der Waals surface area contributed by atoms with Gasteiger partial charge in [-0.2, -0.15) is 5.10 Å². The van der Waals surface area contributed by atoms with E-state index in [0.717, 1.165) is 32.5 Å². The summed E-state index contributed by atoms with van der Waals surface area (Å²) in [6, 6.07) is 1.88. The van der Waals surface area contributed by atoms with Gasteiger partial charge in [-0.25, -0.2) is 0 Å². The van der Waals surface area contributed by atoms with Crippen LogP contribution in [0, 0.1) is 0 Å². The summed E-state index contributed by atoms with van der Waals surface area (Å²) < 4.78 is 1.85. The van der Waals surface area contributed by atoms with Gasteiger partial charge in [-0.1, -0.05) is 6.92 Å². The lowest BCUT2D eigenvalue weighted by Crippen LogP contribution is -2.51. The van der Waals surface area contributed by atoms with E-state index < -0.39 is 11.5 Å². The third kappa shape index (κ3) is 2.20. The van der Waals surface area contributed by atoms with E-state index in [0.29, 0.717) is 6.42 Å². The van der Waals surface area contributed by atoms with Gasteiger partial charge in [0.15, 0.2) is 0 Å². The van der Waals surface area contributed by atoms with Crippen molar-refractivity contribution in [2.24, 2.45) is 0 Å². The summed E-state index contributed by atoms with van der Waals surface area (Å²) in [5.41, 5.74) is -0.646. The SMILES string of the molecule is CCC1(C(=O)O)CCCN1CCn1cccn1. The lowest BCUT2D eigenvalue weighted by molar-refractivity contribution is -0.150. The second-order valence-electron chi connectivity index (χ2n) is 4.55. The summed E-state index contributed by atoms with van der Waals surface area (Å²) in [6.45, 7) is 4.34. The zero-order valence-electron chi connectivity index (χ0n) is 10.2. The van der Waals surface area contributed by atoms with E-state index >= 15 is 0 Å². The second-order valence-corrected chi connectivity index (χ2v) is 4.55. The molecular weight excluding hydrogens is 218 g/mol. The summed E-state index contributed by atoms with van der Waals surface area (Å²) in [5, 5.41) is 13.6. The molecule has 5 heteroatoms. The first kappa shape index (κ1) is 12.1. The number of carboxylic acids is 1. The third-order valence-corrected chi connectivity index (χ3v) is 3.76. The number of carboxylic acid groups (broad SMARTS) is 1. The highest BCUT2D eigenvalue weighted by molar-refractivity contribution is 5.79. The molecule has 1 saturated heterocycles. The molecular formula is C12H19N3O2. The smallest absolute Gasteiger partial charge is 0.324 e. The zero-order valence-corrected chi connectivity index (χ0v) is 10.2. The van der Waals surface area contributed by atoms with Gasteiger partial charge in [0.2, 0.25) is 0 Å². The molecule has 0 saturated carbocycles. The fourth-order valence-electron chi connectivity index (χ4n) is 2.71. The van der Waals surface area contributed by atoms with Crippen LogP contribution in [0.25, 0.3) is 0 Å². The van der Waals surface area contributed by atoms with Gasteiger partial charge in [0, 0.05) is 18.9 Å². The minimum Gasteiger partial charge on any atom is -0.480 e. The highest BCUT2D eigenvalue weighted by atomic mass is 16.4. The Kier molecular flexibility index (Phi) is 3.47. The monoisotopic (exact) mass is 237 g/mol. The van der Waals surface area contributed by atoms with Gasteiger partial charge in [-0.05, 0) is 31.9 Å². The maximum atomic E-state index is 11.5. The minimum atomic E-state index is -0.682. The fourth-order valence-corrected chi connectivity index (χ4v) is 2.71. The molecule has 0 aliphatic carbocycles. The number of likely N-dealkylation sites (tertiary alicyclic amines) is 1. The van der Waals surface area contributed by atoms with Crippen molar-refractivity contribution in [1.82, 2.24) is 14.7 Å². The Morgan fingerprint density at radius 1 is 1.53 bits per heavy atom. The van der Waals surface area contributed by atoms with Gasteiger partial charge < -0.3 is 5.11 Å². The Labute approximate surface area is 101 Å². The topological polar surface area (TPSA) is 58.4 Å². The predicted molar refractivity (Wildman–Crippen MR) is 63.7 cm³/mol. The molecule has 2 heterocycles. The number of rotatable bonds is 5. The molecule has 1 fully saturated rings. The lowest BCUT2D eigenvalue weighted by atomic mass is 9.93. The number of carbonyl (C=O) groups is 1. The zero-order chi connectivity index (χ0) is 12.3. The van der Waals surface area contributed by atoms with Crippen LogP contribution in [0.3, 0.4) is 0 Å². The summed E-state index contributed by atoms with van der Waals surface area (Å²) in [7, 11) is 0. The Morgan fingerprint density at radius 3 is 2.94 bits per heavy atom. The summed E-state index contributed by atoms with van der Waals surface area (Å²) in [5.74, 6) is -0.682. The van der Waals surface area contributed by atoms with E-state index in [1.807, 2.05) is 23.9 Å². The van der Waals surface area contributed by atoms with E-state index in [1.54, 1.807) is 6.20 Å². The average Bonchev–Trinajstić information content (AvgIpc) is 2.96. The van der Waals surface area contributed by atoms with Gasteiger partial charge in [0.25, 0.3) is 0 Å². The second kappa shape index (κ2) is 4.87. The quantitative estimate of drug-likeness (QED) is 0.836. The Bertz CT molecular complexity index is 377. The summed E-state index contributed by atoms with van der Waals surface area (Å²) in [4.78, 5) is 13.6. The first-order valence-electron chi connectivity index (χ1n) is 6.15. The highest BCUT2D eigenvalue weighted by Gasteiger charge is 2.45. The first-order valence-corrected chi connectivity index (χ1v) is 6.15. The van der Waals surface area contributed by atoms with Crippen molar-refractivity contribution in [2.75, 3.05) is 13.1 Å². The van der Waals surface area contributed by atoms with E-state index in [4.69, 9.17) is 0 Å². The molecule has 0 radical (unpaired) electrons. The van der Waals surface area contributed by atoms with Crippen molar-refractivity contribution in [3.8, 4) is 0 Å². The van der Waals surface area contributed by atoms with E-state index in [2.05, 4.69) is 10.00 Å². The molecule has 1 N–H and O–H groups in total. The molecule has 17 heavy (non-hydrogen) atoms. The van der Waals surface area contributed by atoms with E-state index in [1.165, 1.54) is 0 Å². The molecule has 0 amide bonds. The molecule has 1 aromatic rings. The van der Waals surface area contributed by atoms with Crippen LogP contribution in [-0.4, -0.2) is 44.4 Å². The van der Waals surface area contributed by atoms with Gasteiger partial charge >= 0.3 is 5.97 Å². The normalized spacial score (nSPS) is 25.2. The van der Waals surface area contributed by atoms with Crippen molar-refractivity contribution in [3.05, 3.63) is 18.5 Å². The number of hydrogen-bond donors (Lipinski definition) is 1. The molecule has 1 unspecified atom stereocenters. The van der Waals surface area contributed by atoms with Gasteiger partial charge in [0.05, 0.1) is 6.54 Å². The molecule has 94 valence electrons. The van der Waals surface area contributed by atoms with E-state index in [-0.39, 0.29) is 0 Å². The number of nitrogens with zero attached hydrogens (tertiary/aromatic N) is 3. The molecule has 1 aliphatic rings. The Morgan fingerprint density at radius 2 is 2.35 bits per heavy atom. The van der Waals surface area contributed by atoms with Crippen LogP contribution >= 0.6 is 0 Å². The fraction of sp³-hybridized carbons (Fsp3) is 0.667. The van der Waals surface area contributed by atoms with Crippen LogP contribution < -0.4 is 0 Å². The molecule has 0 aromatic carbocycles. The number of aliphatic carboxylic acids is 1. The van der Waals surface area contributed by atoms with Gasteiger partial charge in [-0.15, -0.1) is 0 Å². The van der Waals surface area contributed by atoms with Crippen LogP contribution in [0.1, 0.15) is 26.2 Å². The Balaban J connectivity index is 2.01. The van der Waals surface area contributed by atoms with Crippen molar-refractivity contribution in [2.45, 2.75) is 38.3 Å². The molecule has 2 rings (SSSR count). The van der Waals surface area contributed by atoms with E-state index in [9.17, 15) is 9.90 Å². The van der Waals surface area contributed by atoms with Crippen LogP contribution in [0.2, 0.25) is 0 Å². The average molecular weight is 237 g/mol. The summed E-state index contributed by atoms with van der Waals surface area (Å²) in [6.07, 6.45) is 6.05. The number of aromatic nitrogens is 2. The van der Waals surface area contributed by atoms with Gasteiger partial charge in [0.1, 0.15) is 5.54 Å². The Hall–Kier alpha value is -1.36. The molecule has 5 nitrogen and oxygen atoms in total. The maximum absolute atomic E-state index is 11.5. The van der Waals surface area contributed by atoms with Crippen LogP contribution in [-0.2, 0) is 11.3 Å². The van der Waals surface area contributed by atoms with Crippen molar-refractivity contribution in [1.29, 1.82) is 0 Å².